The molecule has 0 radical (unpaired) electrons. The smallest absolute Gasteiger partial charge is 0.257 e. The number of anilines is 3. The Hall–Kier alpha value is -2.79. The van der Waals surface area contributed by atoms with Crippen molar-refractivity contribution in [3.05, 3.63) is 59.3 Å². The molecule has 3 N–H and O–H groups in total. The molecule has 5 heteroatoms. The van der Waals surface area contributed by atoms with Crippen LogP contribution in [0.2, 0.25) is 0 Å². The molecule has 3 rings (SSSR count). The summed E-state index contributed by atoms with van der Waals surface area (Å²) in [7, 11) is 4.15. The maximum absolute atomic E-state index is 12.3. The minimum absolute atomic E-state index is 0.0701. The van der Waals surface area contributed by atoms with E-state index in [-0.39, 0.29) is 5.91 Å². The number of nitrogens with zero attached hydrogens (tertiary/aromatic N) is 1. The lowest BCUT2D eigenvalue weighted by Crippen LogP contribution is -2.29. The lowest BCUT2D eigenvalue weighted by Gasteiger charge is -2.21. The number of aryl methyl sites for hydroxylation is 2. The Morgan fingerprint density at radius 2 is 1.93 bits per heavy atom. The van der Waals surface area contributed by atoms with E-state index >= 15 is 0 Å². The van der Waals surface area contributed by atoms with Gasteiger partial charge in [0.15, 0.2) is 0 Å². The highest BCUT2D eigenvalue weighted by atomic mass is 16.2. The van der Waals surface area contributed by atoms with Crippen molar-refractivity contribution in [2.45, 2.75) is 26.8 Å². The van der Waals surface area contributed by atoms with Gasteiger partial charge in [0.05, 0.1) is 5.57 Å². The Morgan fingerprint density at radius 3 is 2.63 bits per heavy atom. The molecule has 142 valence electrons. The Balaban J connectivity index is 1.75. The summed E-state index contributed by atoms with van der Waals surface area (Å²) in [6.07, 6.45) is 1.80. The summed E-state index contributed by atoms with van der Waals surface area (Å²) in [4.78, 5) is 14.5. The van der Waals surface area contributed by atoms with E-state index in [2.05, 4.69) is 60.9 Å². The Kier molecular flexibility index (Phi) is 5.51. The highest BCUT2D eigenvalue weighted by Gasteiger charge is 2.25. The molecule has 5 nitrogen and oxygen atoms in total. The van der Waals surface area contributed by atoms with E-state index in [1.165, 1.54) is 0 Å². The van der Waals surface area contributed by atoms with Crippen LogP contribution in [0.4, 0.5) is 17.1 Å². The number of fused-ring (bicyclic) bond motifs is 1. The summed E-state index contributed by atoms with van der Waals surface area (Å²) in [5, 5.41) is 9.75. The molecule has 1 aliphatic rings. The fourth-order valence-electron chi connectivity index (χ4n) is 3.50. The molecule has 1 heterocycles. The van der Waals surface area contributed by atoms with Crippen LogP contribution < -0.4 is 16.0 Å². The van der Waals surface area contributed by atoms with Gasteiger partial charge in [0.2, 0.25) is 0 Å². The zero-order valence-electron chi connectivity index (χ0n) is 16.7. The second kappa shape index (κ2) is 7.84. The zero-order chi connectivity index (χ0) is 19.6. The van der Waals surface area contributed by atoms with E-state index in [9.17, 15) is 4.79 Å². The number of amides is 1. The van der Waals surface area contributed by atoms with E-state index in [4.69, 9.17) is 0 Å². The number of carbonyl (C=O) groups is 1. The minimum Gasteiger partial charge on any atom is -0.381 e. The highest BCUT2D eigenvalue weighted by molar-refractivity contribution is 6.32. The topological polar surface area (TPSA) is 56.4 Å². The average molecular weight is 364 g/mol. The summed E-state index contributed by atoms with van der Waals surface area (Å²) < 4.78 is 0. The van der Waals surface area contributed by atoms with E-state index in [0.29, 0.717) is 11.6 Å². The predicted molar refractivity (Wildman–Crippen MR) is 114 cm³/mol. The van der Waals surface area contributed by atoms with Crippen LogP contribution in [0.5, 0.6) is 0 Å². The molecule has 0 fully saturated rings. The molecule has 0 aliphatic carbocycles. The standard InChI is InChI=1S/C22H28N4O/c1-14-7-6-8-20-21(14)18(22(27)25-20)12-23-17-9-10-19(15(2)11-17)24-16(3)13-26(4)5/h6-12,16,23-24H,13H2,1-5H3,(H,25,27)/b18-12+. The van der Waals surface area contributed by atoms with E-state index in [1.54, 1.807) is 6.20 Å². The number of likely N-dealkylation sites (N-methyl/N-ethyl adjacent to an activating group) is 1. The number of hydrogen-bond acceptors (Lipinski definition) is 4. The lowest BCUT2D eigenvalue weighted by atomic mass is 10.0. The third kappa shape index (κ3) is 4.31. The SMILES string of the molecule is Cc1cc(N/C=C2/C(=O)Nc3cccc(C)c32)ccc1NC(C)CN(C)C. The summed E-state index contributed by atoms with van der Waals surface area (Å²) in [5.41, 5.74) is 6.85. The van der Waals surface area contributed by atoms with Crippen LogP contribution in [0.15, 0.2) is 42.6 Å². The lowest BCUT2D eigenvalue weighted by molar-refractivity contribution is -0.110. The number of benzene rings is 2. The van der Waals surface area contributed by atoms with Gasteiger partial charge >= 0.3 is 0 Å². The molecule has 0 aromatic heterocycles. The first-order chi connectivity index (χ1) is 12.8. The molecule has 0 spiro atoms. The Bertz CT molecular complexity index is 886. The van der Waals surface area contributed by atoms with Crippen LogP contribution in [0.3, 0.4) is 0 Å². The van der Waals surface area contributed by atoms with Gasteiger partial charge in [0, 0.05) is 41.4 Å². The number of rotatable bonds is 6. The number of carbonyl (C=O) groups excluding carboxylic acids is 1. The van der Waals surface area contributed by atoms with Gasteiger partial charge in [0.25, 0.3) is 5.91 Å². The first-order valence-corrected chi connectivity index (χ1v) is 9.25. The van der Waals surface area contributed by atoms with Crippen molar-refractivity contribution >= 4 is 28.5 Å². The van der Waals surface area contributed by atoms with Crippen molar-refractivity contribution < 1.29 is 4.79 Å². The van der Waals surface area contributed by atoms with E-state index in [1.807, 2.05) is 31.2 Å². The first-order valence-electron chi connectivity index (χ1n) is 9.25. The zero-order valence-corrected chi connectivity index (χ0v) is 16.7. The van der Waals surface area contributed by atoms with E-state index < -0.39 is 0 Å². The molecule has 1 atom stereocenters. The third-order valence-corrected chi connectivity index (χ3v) is 4.69. The summed E-state index contributed by atoms with van der Waals surface area (Å²) >= 11 is 0. The highest BCUT2D eigenvalue weighted by Crippen LogP contribution is 2.34. The van der Waals surface area contributed by atoms with Gasteiger partial charge in [-0.15, -0.1) is 0 Å². The van der Waals surface area contributed by atoms with Gasteiger partial charge in [-0.3, -0.25) is 4.79 Å². The van der Waals surface area contributed by atoms with Crippen LogP contribution in [0, 0.1) is 13.8 Å². The quantitative estimate of drug-likeness (QED) is 0.676. The summed E-state index contributed by atoms with van der Waals surface area (Å²) in [6, 6.07) is 12.5. The molecule has 0 bridgehead atoms. The van der Waals surface area contributed by atoms with Crippen molar-refractivity contribution in [1.29, 1.82) is 0 Å². The normalized spacial score (nSPS) is 15.6. The molecule has 2 aromatic carbocycles. The van der Waals surface area contributed by atoms with Crippen LogP contribution >= 0.6 is 0 Å². The number of hydrogen-bond donors (Lipinski definition) is 3. The molecule has 0 saturated heterocycles. The van der Waals surface area contributed by atoms with Gasteiger partial charge < -0.3 is 20.9 Å². The van der Waals surface area contributed by atoms with Crippen molar-refractivity contribution in [3.63, 3.8) is 0 Å². The largest absolute Gasteiger partial charge is 0.381 e. The van der Waals surface area contributed by atoms with Gasteiger partial charge in [0.1, 0.15) is 0 Å². The van der Waals surface area contributed by atoms with Crippen molar-refractivity contribution in [2.75, 3.05) is 36.6 Å². The van der Waals surface area contributed by atoms with E-state index in [0.717, 1.165) is 40.3 Å². The Morgan fingerprint density at radius 1 is 1.15 bits per heavy atom. The second-order valence-corrected chi connectivity index (χ2v) is 7.49. The number of nitrogens with one attached hydrogen (secondary N) is 3. The minimum atomic E-state index is -0.0701. The predicted octanol–water partition coefficient (Wildman–Crippen LogP) is 4.07. The van der Waals surface area contributed by atoms with Gasteiger partial charge in [-0.25, -0.2) is 0 Å². The van der Waals surface area contributed by atoms with Gasteiger partial charge in [-0.1, -0.05) is 12.1 Å². The fraction of sp³-hybridized carbons (Fsp3) is 0.318. The van der Waals surface area contributed by atoms with Crippen LogP contribution in [0.25, 0.3) is 5.57 Å². The second-order valence-electron chi connectivity index (χ2n) is 7.49. The Labute approximate surface area is 161 Å². The van der Waals surface area contributed by atoms with Crippen molar-refractivity contribution in [3.8, 4) is 0 Å². The van der Waals surface area contributed by atoms with Crippen LogP contribution in [-0.4, -0.2) is 37.5 Å². The molecule has 27 heavy (non-hydrogen) atoms. The average Bonchev–Trinajstić information content (AvgIpc) is 2.91. The molecule has 1 unspecified atom stereocenters. The summed E-state index contributed by atoms with van der Waals surface area (Å²) in [6.45, 7) is 7.26. The molecule has 1 amide bonds. The maximum atomic E-state index is 12.3. The van der Waals surface area contributed by atoms with Crippen molar-refractivity contribution in [1.82, 2.24) is 4.90 Å². The molecular weight excluding hydrogens is 336 g/mol. The monoisotopic (exact) mass is 364 g/mol. The molecular formula is C22H28N4O. The molecule has 2 aromatic rings. The van der Waals surface area contributed by atoms with Gasteiger partial charge in [-0.05, 0) is 70.3 Å². The molecule has 0 saturated carbocycles. The molecule has 1 aliphatic heterocycles. The maximum Gasteiger partial charge on any atom is 0.257 e. The first kappa shape index (κ1) is 19.0. The third-order valence-electron chi connectivity index (χ3n) is 4.69. The summed E-state index contributed by atoms with van der Waals surface area (Å²) in [5.74, 6) is -0.0701. The fourth-order valence-corrected chi connectivity index (χ4v) is 3.50. The van der Waals surface area contributed by atoms with Gasteiger partial charge in [-0.2, -0.15) is 0 Å². The van der Waals surface area contributed by atoms with Crippen LogP contribution in [0.1, 0.15) is 23.6 Å². The van der Waals surface area contributed by atoms with Crippen LogP contribution in [-0.2, 0) is 4.79 Å². The van der Waals surface area contributed by atoms with Crippen molar-refractivity contribution in [2.24, 2.45) is 0 Å².